The molecule has 2 saturated heterocycles. The van der Waals surface area contributed by atoms with Crippen LogP contribution in [0.2, 0.25) is 0 Å². The molecule has 0 aromatic heterocycles. The number of nitrogens with zero attached hydrogens (tertiary/aromatic N) is 3. The summed E-state index contributed by atoms with van der Waals surface area (Å²) >= 11 is 1.19. The molecule has 0 bridgehead atoms. The molecule has 0 radical (unpaired) electrons. The van der Waals surface area contributed by atoms with Gasteiger partial charge in [-0.25, -0.2) is 9.10 Å². The first-order valence-corrected chi connectivity index (χ1v) is 17.4. The molecule has 47 heavy (non-hydrogen) atoms. The largest absolute Gasteiger partial charge is 0.444 e. The minimum atomic E-state index is -4.46. The van der Waals surface area contributed by atoms with Gasteiger partial charge in [0.25, 0.3) is 0 Å². The van der Waals surface area contributed by atoms with E-state index in [0.717, 1.165) is 67.7 Å². The maximum absolute atomic E-state index is 13.6. The molecule has 1 aliphatic carbocycles. The summed E-state index contributed by atoms with van der Waals surface area (Å²) in [7, 11) is 0. The first-order valence-electron chi connectivity index (χ1n) is 16.7. The molecule has 1 N–H and O–H groups in total. The van der Waals surface area contributed by atoms with Crippen LogP contribution in [0, 0.1) is 0 Å². The lowest BCUT2D eigenvalue weighted by molar-refractivity contribution is -0.137. The van der Waals surface area contributed by atoms with Gasteiger partial charge in [0.15, 0.2) is 0 Å². The summed E-state index contributed by atoms with van der Waals surface area (Å²) in [5.74, 6) is -0.160. The van der Waals surface area contributed by atoms with Crippen molar-refractivity contribution in [2.24, 2.45) is 0 Å². The summed E-state index contributed by atoms with van der Waals surface area (Å²) in [6.07, 6.45) is 1.65. The number of piperidine rings is 1. The van der Waals surface area contributed by atoms with Crippen LogP contribution in [0.3, 0.4) is 0 Å². The molecular weight excluding hydrogens is 625 g/mol. The fourth-order valence-corrected chi connectivity index (χ4v) is 7.67. The number of aryl methyl sites for hydroxylation is 1. The molecule has 7 nitrogen and oxygen atoms in total. The third kappa shape index (κ3) is 9.76. The van der Waals surface area contributed by atoms with Gasteiger partial charge in [0.05, 0.1) is 11.6 Å². The predicted molar refractivity (Wildman–Crippen MR) is 180 cm³/mol. The maximum atomic E-state index is 13.6. The number of rotatable bonds is 8. The number of hydrogen-bond acceptors (Lipinski definition) is 6. The molecule has 2 unspecified atom stereocenters. The fraction of sp³-hybridized carbons (Fsp3) is 0.556. The highest BCUT2D eigenvalue weighted by atomic mass is 32.2. The van der Waals surface area contributed by atoms with Gasteiger partial charge in [-0.3, -0.25) is 9.69 Å². The minimum Gasteiger partial charge on any atom is -0.444 e. The molecule has 256 valence electrons. The number of alkyl halides is 3. The zero-order valence-corrected chi connectivity index (χ0v) is 28.5. The number of amides is 2. The van der Waals surface area contributed by atoms with E-state index in [9.17, 15) is 22.8 Å². The van der Waals surface area contributed by atoms with E-state index in [1.165, 1.54) is 42.8 Å². The number of halogens is 3. The summed E-state index contributed by atoms with van der Waals surface area (Å²) in [4.78, 5) is 31.1. The number of carbonyl (C=O) groups excluding carboxylic acids is 2. The Morgan fingerprint density at radius 1 is 1.00 bits per heavy atom. The second-order valence-electron chi connectivity index (χ2n) is 13.9. The maximum Gasteiger partial charge on any atom is 0.416 e. The van der Waals surface area contributed by atoms with Gasteiger partial charge in [0, 0.05) is 43.5 Å². The number of fused-ring (bicyclic) bond motifs is 1. The lowest BCUT2D eigenvalue weighted by Gasteiger charge is -2.40. The predicted octanol–water partition coefficient (Wildman–Crippen LogP) is 7.72. The van der Waals surface area contributed by atoms with E-state index >= 15 is 0 Å². The molecule has 0 saturated carbocycles. The van der Waals surface area contributed by atoms with Crippen LogP contribution in [0.4, 0.5) is 18.0 Å². The summed E-state index contributed by atoms with van der Waals surface area (Å²) < 4.78 is 47.8. The van der Waals surface area contributed by atoms with Crippen molar-refractivity contribution in [1.29, 1.82) is 0 Å². The van der Waals surface area contributed by atoms with Crippen LogP contribution in [0.1, 0.15) is 87.6 Å². The van der Waals surface area contributed by atoms with Gasteiger partial charge in [-0.1, -0.05) is 37.3 Å². The van der Waals surface area contributed by atoms with Crippen molar-refractivity contribution in [3.63, 3.8) is 0 Å². The number of hydrogen-bond donors (Lipinski definition) is 1. The number of likely N-dealkylation sites (tertiary alicyclic amines) is 1. The Morgan fingerprint density at radius 3 is 2.49 bits per heavy atom. The van der Waals surface area contributed by atoms with Gasteiger partial charge in [-0.05, 0) is 118 Å². The quantitative estimate of drug-likeness (QED) is 0.290. The van der Waals surface area contributed by atoms with Crippen LogP contribution in [0.25, 0.3) is 5.57 Å². The molecule has 2 aromatic carbocycles. The van der Waals surface area contributed by atoms with Gasteiger partial charge >= 0.3 is 12.3 Å². The molecule has 0 spiro atoms. The third-order valence-electron chi connectivity index (χ3n) is 8.95. The fourth-order valence-electron chi connectivity index (χ4n) is 6.61. The van der Waals surface area contributed by atoms with E-state index in [2.05, 4.69) is 35.0 Å². The smallest absolute Gasteiger partial charge is 0.416 e. The normalized spacial score (nSPS) is 21.2. The van der Waals surface area contributed by atoms with E-state index in [-0.39, 0.29) is 24.9 Å². The Labute approximate surface area is 281 Å². The monoisotopic (exact) mass is 672 g/mol. The van der Waals surface area contributed by atoms with E-state index in [0.29, 0.717) is 18.0 Å². The Balaban J connectivity index is 1.27. The van der Waals surface area contributed by atoms with Gasteiger partial charge in [0.1, 0.15) is 5.60 Å². The first kappa shape index (κ1) is 35.3. The Bertz CT molecular complexity index is 1440. The standard InChI is InChI=1S/C36H47F3N4O3S/c1-25(23-41-16-6-5-7-17-41)26-14-15-31-27(20-26)10-8-13-32(31)40-33(44)22-29-24-42(34(45)46-35(2,3)4)18-19-43(29)47-30-12-9-11-28(21-30)36(37,38)39/h9,11-12,14-15,20-21,29,32H,1,5-8,10,13,16-19,22-24H2,2-4H3,(H,40,44). The molecule has 11 heteroatoms. The second-order valence-corrected chi connectivity index (χ2v) is 15.0. The molecule has 2 aromatic rings. The van der Waals surface area contributed by atoms with Gasteiger partial charge in [-0.15, -0.1) is 0 Å². The Kier molecular flexibility index (Phi) is 11.3. The molecule has 5 rings (SSSR count). The average molecular weight is 673 g/mol. The Hall–Kier alpha value is -3.02. The summed E-state index contributed by atoms with van der Waals surface area (Å²) in [5.41, 5.74) is 3.21. The zero-order chi connectivity index (χ0) is 33.8. The highest BCUT2D eigenvalue weighted by Gasteiger charge is 2.36. The molecular formula is C36H47F3N4O3S. The van der Waals surface area contributed by atoms with Gasteiger partial charge in [-0.2, -0.15) is 13.2 Å². The van der Waals surface area contributed by atoms with Crippen molar-refractivity contribution in [3.8, 4) is 0 Å². The number of carbonyl (C=O) groups is 2. The van der Waals surface area contributed by atoms with E-state index < -0.39 is 29.5 Å². The lowest BCUT2D eigenvalue weighted by atomic mass is 9.85. The van der Waals surface area contributed by atoms with Crippen LogP contribution < -0.4 is 5.32 Å². The van der Waals surface area contributed by atoms with E-state index in [4.69, 9.17) is 4.74 Å². The van der Waals surface area contributed by atoms with Gasteiger partial charge in [0.2, 0.25) is 5.91 Å². The Morgan fingerprint density at radius 2 is 1.77 bits per heavy atom. The van der Waals surface area contributed by atoms with Crippen molar-refractivity contribution < 1.29 is 27.5 Å². The summed E-state index contributed by atoms with van der Waals surface area (Å²) in [6, 6.07) is 11.1. The van der Waals surface area contributed by atoms with Crippen molar-refractivity contribution in [1.82, 2.24) is 19.4 Å². The van der Waals surface area contributed by atoms with Crippen molar-refractivity contribution in [3.05, 3.63) is 71.3 Å². The molecule has 2 amide bonds. The van der Waals surface area contributed by atoms with Gasteiger partial charge < -0.3 is 15.0 Å². The van der Waals surface area contributed by atoms with Crippen molar-refractivity contribution in [2.45, 2.75) is 94.5 Å². The second kappa shape index (κ2) is 15.0. The van der Waals surface area contributed by atoms with Crippen LogP contribution in [0.15, 0.2) is 53.9 Å². The number of piperazine rings is 1. The number of benzene rings is 2. The molecule has 2 aliphatic heterocycles. The van der Waals surface area contributed by atoms with Crippen LogP contribution in [-0.4, -0.2) is 77.0 Å². The summed E-state index contributed by atoms with van der Waals surface area (Å²) in [5, 5.41) is 3.24. The first-order chi connectivity index (χ1) is 22.2. The van der Waals surface area contributed by atoms with E-state index in [1.807, 2.05) is 4.31 Å². The molecule has 2 fully saturated rings. The number of nitrogens with one attached hydrogen (secondary N) is 1. The van der Waals surface area contributed by atoms with Crippen molar-refractivity contribution >= 4 is 29.5 Å². The highest BCUT2D eigenvalue weighted by molar-refractivity contribution is 7.97. The average Bonchev–Trinajstić information content (AvgIpc) is 3.01. The lowest BCUT2D eigenvalue weighted by Crippen LogP contribution is -2.54. The van der Waals surface area contributed by atoms with Crippen LogP contribution in [0.5, 0.6) is 0 Å². The van der Waals surface area contributed by atoms with Crippen LogP contribution in [-0.2, 0) is 22.1 Å². The minimum absolute atomic E-state index is 0.0851. The van der Waals surface area contributed by atoms with Crippen molar-refractivity contribution in [2.75, 3.05) is 39.3 Å². The highest BCUT2D eigenvalue weighted by Crippen LogP contribution is 2.36. The van der Waals surface area contributed by atoms with E-state index in [1.54, 1.807) is 31.7 Å². The molecule has 2 atom stereocenters. The molecule has 2 heterocycles. The summed E-state index contributed by atoms with van der Waals surface area (Å²) in [6.45, 7) is 13.8. The SMILES string of the molecule is C=C(CN1CCCCC1)c1ccc2c(c1)CCCC2NC(=O)CC1CN(C(=O)OC(C)(C)C)CCN1Sc1cccc(C(F)(F)F)c1. The number of ether oxygens (including phenoxy) is 1. The molecule has 3 aliphatic rings. The topological polar surface area (TPSA) is 65.1 Å². The zero-order valence-electron chi connectivity index (χ0n) is 27.7. The third-order valence-corrected chi connectivity index (χ3v) is 10.1. The van der Waals surface area contributed by atoms with Crippen LogP contribution >= 0.6 is 11.9 Å².